The van der Waals surface area contributed by atoms with Crippen LogP contribution in [0.5, 0.6) is 0 Å². The van der Waals surface area contributed by atoms with Gasteiger partial charge in [-0.05, 0) is 47.4 Å². The van der Waals surface area contributed by atoms with Crippen LogP contribution in [-0.2, 0) is 29.1 Å². The second kappa shape index (κ2) is 14.1. The number of piperazine rings is 2. The molecule has 8 nitrogen and oxygen atoms in total. The van der Waals surface area contributed by atoms with Crippen molar-refractivity contribution >= 4 is 17.5 Å². The standard InChI is InChI=1S/C34H40N6O2/c1-27(41)38-19-21-39(22-20-38)32-13-11-30(12-14-32)25-36-33(23-28-5-3-2-4-6-28)34(42)40-17-15-37(16-18-40)26-31-9-7-29(24-35)8-10-31/h2-14,33,36H,15-23,25-26H2,1H3/t33-/m0/s1. The molecule has 3 aromatic rings. The maximum Gasteiger partial charge on any atom is 0.240 e. The van der Waals surface area contributed by atoms with Crippen LogP contribution < -0.4 is 10.2 Å². The lowest BCUT2D eigenvalue weighted by atomic mass is 10.0. The van der Waals surface area contributed by atoms with Crippen LogP contribution in [0.4, 0.5) is 5.69 Å². The predicted molar refractivity (Wildman–Crippen MR) is 165 cm³/mol. The van der Waals surface area contributed by atoms with Crippen molar-refractivity contribution < 1.29 is 9.59 Å². The summed E-state index contributed by atoms with van der Waals surface area (Å²) in [5.74, 6) is 0.289. The average Bonchev–Trinajstić information content (AvgIpc) is 3.04. The van der Waals surface area contributed by atoms with Crippen molar-refractivity contribution in [2.75, 3.05) is 57.3 Å². The van der Waals surface area contributed by atoms with Gasteiger partial charge in [-0.15, -0.1) is 0 Å². The van der Waals surface area contributed by atoms with Crippen molar-refractivity contribution in [2.45, 2.75) is 32.5 Å². The molecule has 1 atom stereocenters. The predicted octanol–water partition coefficient (Wildman–Crippen LogP) is 3.27. The van der Waals surface area contributed by atoms with Gasteiger partial charge in [0.1, 0.15) is 0 Å². The topological polar surface area (TPSA) is 82.9 Å². The Balaban J connectivity index is 1.16. The first-order valence-electron chi connectivity index (χ1n) is 14.9. The van der Waals surface area contributed by atoms with Crippen LogP contribution in [0.25, 0.3) is 0 Å². The first-order chi connectivity index (χ1) is 20.5. The Morgan fingerprint density at radius 3 is 2.00 bits per heavy atom. The fourth-order valence-corrected chi connectivity index (χ4v) is 5.73. The average molecular weight is 565 g/mol. The van der Waals surface area contributed by atoms with E-state index in [1.54, 1.807) is 6.92 Å². The molecule has 0 saturated carbocycles. The molecule has 2 saturated heterocycles. The van der Waals surface area contributed by atoms with Crippen LogP contribution in [0, 0.1) is 11.3 Å². The Morgan fingerprint density at radius 1 is 0.762 bits per heavy atom. The van der Waals surface area contributed by atoms with Crippen molar-refractivity contribution in [3.8, 4) is 6.07 Å². The summed E-state index contributed by atoms with van der Waals surface area (Å²) in [5, 5.41) is 12.6. The van der Waals surface area contributed by atoms with E-state index in [4.69, 9.17) is 5.26 Å². The monoisotopic (exact) mass is 564 g/mol. The number of hydrogen-bond donors (Lipinski definition) is 1. The van der Waals surface area contributed by atoms with Gasteiger partial charge in [0.15, 0.2) is 0 Å². The van der Waals surface area contributed by atoms with Gasteiger partial charge in [-0.2, -0.15) is 5.26 Å². The maximum absolute atomic E-state index is 13.8. The van der Waals surface area contributed by atoms with Gasteiger partial charge >= 0.3 is 0 Å². The quantitative estimate of drug-likeness (QED) is 0.430. The Labute approximate surface area is 249 Å². The van der Waals surface area contributed by atoms with Gasteiger partial charge in [0.05, 0.1) is 17.7 Å². The van der Waals surface area contributed by atoms with E-state index in [0.29, 0.717) is 31.6 Å². The second-order valence-corrected chi connectivity index (χ2v) is 11.2. The van der Waals surface area contributed by atoms with E-state index < -0.39 is 0 Å². The van der Waals surface area contributed by atoms with Crippen molar-refractivity contribution in [3.63, 3.8) is 0 Å². The minimum absolute atomic E-state index is 0.139. The van der Waals surface area contributed by atoms with Crippen molar-refractivity contribution in [3.05, 3.63) is 101 Å². The molecule has 2 heterocycles. The van der Waals surface area contributed by atoms with Crippen molar-refractivity contribution in [1.82, 2.24) is 20.0 Å². The third kappa shape index (κ3) is 7.75. The number of rotatable bonds is 9. The number of carbonyl (C=O) groups is 2. The van der Waals surface area contributed by atoms with Gasteiger partial charge in [-0.1, -0.05) is 54.6 Å². The highest BCUT2D eigenvalue weighted by atomic mass is 16.2. The van der Waals surface area contributed by atoms with Crippen LogP contribution in [0.15, 0.2) is 78.9 Å². The minimum Gasteiger partial charge on any atom is -0.368 e. The molecule has 0 aromatic heterocycles. The molecule has 0 aliphatic carbocycles. The molecule has 2 fully saturated rings. The zero-order valence-electron chi connectivity index (χ0n) is 24.4. The molecular weight excluding hydrogens is 524 g/mol. The van der Waals surface area contributed by atoms with Crippen LogP contribution in [0.3, 0.4) is 0 Å². The summed E-state index contributed by atoms with van der Waals surface area (Å²) >= 11 is 0. The van der Waals surface area contributed by atoms with Crippen LogP contribution >= 0.6 is 0 Å². The lowest BCUT2D eigenvalue weighted by molar-refractivity contribution is -0.135. The van der Waals surface area contributed by atoms with E-state index in [-0.39, 0.29) is 17.9 Å². The number of amides is 2. The van der Waals surface area contributed by atoms with Crippen LogP contribution in [-0.4, -0.2) is 84.9 Å². The van der Waals surface area contributed by atoms with Crippen molar-refractivity contribution in [2.24, 2.45) is 0 Å². The molecule has 2 amide bonds. The van der Waals surface area contributed by atoms with Gasteiger partial charge in [0, 0.05) is 78.1 Å². The highest BCUT2D eigenvalue weighted by Gasteiger charge is 2.28. The van der Waals surface area contributed by atoms with Gasteiger partial charge in [-0.25, -0.2) is 0 Å². The minimum atomic E-state index is -0.309. The normalized spacial score (nSPS) is 16.6. The fourth-order valence-electron chi connectivity index (χ4n) is 5.73. The van der Waals surface area contributed by atoms with E-state index in [9.17, 15) is 9.59 Å². The molecule has 218 valence electrons. The second-order valence-electron chi connectivity index (χ2n) is 11.2. The van der Waals surface area contributed by atoms with E-state index in [1.807, 2.05) is 52.3 Å². The van der Waals surface area contributed by atoms with E-state index in [2.05, 4.69) is 57.6 Å². The largest absolute Gasteiger partial charge is 0.368 e. The molecule has 0 radical (unpaired) electrons. The summed E-state index contributed by atoms with van der Waals surface area (Å²) in [4.78, 5) is 34.0. The Morgan fingerprint density at radius 2 is 1.38 bits per heavy atom. The molecule has 8 heteroatoms. The van der Waals surface area contributed by atoms with Gasteiger partial charge in [-0.3, -0.25) is 14.5 Å². The Hall–Kier alpha value is -4.19. The van der Waals surface area contributed by atoms with E-state index >= 15 is 0 Å². The molecule has 1 N–H and O–H groups in total. The number of nitrogens with one attached hydrogen (secondary N) is 1. The summed E-state index contributed by atoms with van der Waals surface area (Å²) in [5.41, 5.74) is 5.30. The Bertz CT molecular complexity index is 1350. The molecule has 0 unspecified atom stereocenters. The first-order valence-corrected chi connectivity index (χ1v) is 14.9. The zero-order chi connectivity index (χ0) is 29.3. The van der Waals surface area contributed by atoms with Crippen LogP contribution in [0.2, 0.25) is 0 Å². The molecule has 5 rings (SSSR count). The fraction of sp³-hybridized carbons (Fsp3) is 0.382. The summed E-state index contributed by atoms with van der Waals surface area (Å²) in [6.07, 6.45) is 0.642. The number of nitriles is 1. The summed E-state index contributed by atoms with van der Waals surface area (Å²) in [6, 6.07) is 28.4. The third-order valence-electron chi connectivity index (χ3n) is 8.33. The number of carbonyl (C=O) groups excluding carboxylic acids is 2. The molecule has 3 aromatic carbocycles. The van der Waals surface area contributed by atoms with E-state index in [1.165, 1.54) is 5.56 Å². The maximum atomic E-state index is 13.8. The third-order valence-corrected chi connectivity index (χ3v) is 8.33. The van der Waals surface area contributed by atoms with Crippen molar-refractivity contribution in [1.29, 1.82) is 5.26 Å². The molecule has 0 bridgehead atoms. The highest BCUT2D eigenvalue weighted by molar-refractivity contribution is 5.82. The lowest BCUT2D eigenvalue weighted by Gasteiger charge is -2.36. The number of hydrogen-bond acceptors (Lipinski definition) is 6. The first kappa shape index (κ1) is 29.3. The molecule has 42 heavy (non-hydrogen) atoms. The lowest BCUT2D eigenvalue weighted by Crippen LogP contribution is -2.54. The molecule has 2 aliphatic heterocycles. The molecule has 0 spiro atoms. The summed E-state index contributed by atoms with van der Waals surface area (Å²) in [7, 11) is 0. The molecular formula is C34H40N6O2. The zero-order valence-corrected chi connectivity index (χ0v) is 24.4. The smallest absolute Gasteiger partial charge is 0.240 e. The molecule has 2 aliphatic rings. The van der Waals surface area contributed by atoms with Gasteiger partial charge in [0.2, 0.25) is 11.8 Å². The summed E-state index contributed by atoms with van der Waals surface area (Å²) < 4.78 is 0. The number of anilines is 1. The summed E-state index contributed by atoms with van der Waals surface area (Å²) in [6.45, 7) is 9.31. The van der Waals surface area contributed by atoms with E-state index in [0.717, 1.165) is 62.6 Å². The number of benzene rings is 3. The van der Waals surface area contributed by atoms with Gasteiger partial charge < -0.3 is 20.0 Å². The highest BCUT2D eigenvalue weighted by Crippen LogP contribution is 2.18. The SMILES string of the molecule is CC(=O)N1CCN(c2ccc(CN[C@@H](Cc3ccccc3)C(=O)N3CCN(Cc4ccc(C#N)cc4)CC3)cc2)CC1. The Kier molecular flexibility index (Phi) is 9.86. The van der Waals surface area contributed by atoms with Crippen LogP contribution in [0.1, 0.15) is 29.2 Å². The number of nitrogens with zero attached hydrogens (tertiary/aromatic N) is 5. The van der Waals surface area contributed by atoms with Gasteiger partial charge in [0.25, 0.3) is 0 Å².